The first-order chi connectivity index (χ1) is 8.49. The quantitative estimate of drug-likeness (QED) is 0.772. The van der Waals surface area contributed by atoms with Crippen LogP contribution in [-0.4, -0.2) is 35.0 Å². The molecule has 0 aliphatic carbocycles. The summed E-state index contributed by atoms with van der Waals surface area (Å²) in [6.45, 7) is 4.38. The van der Waals surface area contributed by atoms with E-state index in [0.717, 1.165) is 11.1 Å². The molecule has 0 aliphatic rings. The summed E-state index contributed by atoms with van der Waals surface area (Å²) in [5.74, 6) is -0.277. The van der Waals surface area contributed by atoms with Crippen LogP contribution in [0.5, 0.6) is 0 Å². The van der Waals surface area contributed by atoms with Crippen LogP contribution in [0.15, 0.2) is 18.2 Å². The summed E-state index contributed by atoms with van der Waals surface area (Å²) >= 11 is 1.29. The van der Waals surface area contributed by atoms with Crippen molar-refractivity contribution in [2.75, 3.05) is 18.1 Å². The van der Waals surface area contributed by atoms with Gasteiger partial charge in [0.25, 0.3) is 5.91 Å². The van der Waals surface area contributed by atoms with Gasteiger partial charge in [0.15, 0.2) is 0 Å². The SMILES string of the molecule is Cc1cc(C)cc(C(=O)NCCSCC(=O)O)c1. The van der Waals surface area contributed by atoms with Gasteiger partial charge in [0.1, 0.15) is 0 Å². The van der Waals surface area contributed by atoms with Crippen molar-refractivity contribution in [1.82, 2.24) is 5.32 Å². The van der Waals surface area contributed by atoms with Gasteiger partial charge in [0, 0.05) is 17.9 Å². The zero-order valence-corrected chi connectivity index (χ0v) is 11.3. The molecule has 1 amide bonds. The molecule has 0 spiro atoms. The number of carbonyl (C=O) groups excluding carboxylic acids is 1. The molecule has 5 heteroatoms. The van der Waals surface area contributed by atoms with Gasteiger partial charge < -0.3 is 10.4 Å². The van der Waals surface area contributed by atoms with E-state index in [4.69, 9.17) is 5.11 Å². The zero-order chi connectivity index (χ0) is 13.5. The predicted octanol–water partition coefficient (Wildman–Crippen LogP) is 1.85. The number of nitrogens with one attached hydrogen (secondary N) is 1. The third-order valence-electron chi connectivity index (χ3n) is 2.24. The number of hydrogen-bond donors (Lipinski definition) is 2. The Morgan fingerprint density at radius 3 is 2.39 bits per heavy atom. The molecule has 1 aromatic carbocycles. The molecule has 0 radical (unpaired) electrons. The summed E-state index contributed by atoms with van der Waals surface area (Å²) in [7, 11) is 0. The number of rotatable bonds is 6. The molecule has 0 atom stereocenters. The van der Waals surface area contributed by atoms with Crippen molar-refractivity contribution in [3.8, 4) is 0 Å². The largest absolute Gasteiger partial charge is 0.481 e. The van der Waals surface area contributed by atoms with E-state index in [1.165, 1.54) is 11.8 Å². The highest BCUT2D eigenvalue weighted by atomic mass is 32.2. The minimum absolute atomic E-state index is 0.0689. The van der Waals surface area contributed by atoms with Gasteiger partial charge in [-0.3, -0.25) is 9.59 Å². The second kappa shape index (κ2) is 7.06. The van der Waals surface area contributed by atoms with E-state index >= 15 is 0 Å². The highest BCUT2D eigenvalue weighted by Gasteiger charge is 2.06. The van der Waals surface area contributed by atoms with Crippen LogP contribution in [-0.2, 0) is 4.79 Å². The predicted molar refractivity (Wildman–Crippen MR) is 73.2 cm³/mol. The summed E-state index contributed by atoms with van der Waals surface area (Å²) in [5, 5.41) is 11.2. The molecule has 0 aliphatic heterocycles. The van der Waals surface area contributed by atoms with Crippen LogP contribution < -0.4 is 5.32 Å². The first kappa shape index (κ1) is 14.6. The number of benzene rings is 1. The van der Waals surface area contributed by atoms with Gasteiger partial charge in [-0.25, -0.2) is 0 Å². The molecule has 0 aromatic heterocycles. The molecule has 0 saturated carbocycles. The maximum atomic E-state index is 11.8. The van der Waals surface area contributed by atoms with E-state index < -0.39 is 5.97 Å². The van der Waals surface area contributed by atoms with E-state index in [-0.39, 0.29) is 11.7 Å². The van der Waals surface area contributed by atoms with Gasteiger partial charge in [0.2, 0.25) is 0 Å². The van der Waals surface area contributed by atoms with E-state index in [0.29, 0.717) is 17.9 Å². The molecule has 18 heavy (non-hydrogen) atoms. The highest BCUT2D eigenvalue weighted by Crippen LogP contribution is 2.08. The Morgan fingerprint density at radius 1 is 1.22 bits per heavy atom. The van der Waals surface area contributed by atoms with Gasteiger partial charge in [-0.15, -0.1) is 11.8 Å². The summed E-state index contributed by atoms with van der Waals surface area (Å²) in [6.07, 6.45) is 0. The second-order valence-corrected chi connectivity index (χ2v) is 5.18. The topological polar surface area (TPSA) is 66.4 Å². The Bertz CT molecular complexity index is 426. The molecule has 2 N–H and O–H groups in total. The summed E-state index contributed by atoms with van der Waals surface area (Å²) in [5.41, 5.74) is 2.76. The third-order valence-corrected chi connectivity index (χ3v) is 3.19. The molecule has 0 bridgehead atoms. The van der Waals surface area contributed by atoms with Gasteiger partial charge >= 0.3 is 5.97 Å². The van der Waals surface area contributed by atoms with Crippen LogP contribution in [0.2, 0.25) is 0 Å². The average molecular weight is 267 g/mol. The van der Waals surface area contributed by atoms with Crippen LogP contribution >= 0.6 is 11.8 Å². The fourth-order valence-electron chi connectivity index (χ4n) is 1.60. The maximum Gasteiger partial charge on any atom is 0.313 e. The van der Waals surface area contributed by atoms with Crippen LogP contribution in [0.4, 0.5) is 0 Å². The van der Waals surface area contributed by atoms with E-state index in [1.807, 2.05) is 32.0 Å². The highest BCUT2D eigenvalue weighted by molar-refractivity contribution is 7.99. The van der Waals surface area contributed by atoms with Gasteiger partial charge in [-0.2, -0.15) is 0 Å². The monoisotopic (exact) mass is 267 g/mol. The Labute approximate surface area is 111 Å². The molecule has 4 nitrogen and oxygen atoms in total. The molecule has 0 heterocycles. The smallest absolute Gasteiger partial charge is 0.313 e. The minimum atomic E-state index is -0.833. The van der Waals surface area contributed by atoms with Crippen molar-refractivity contribution in [2.24, 2.45) is 0 Å². The Balaban J connectivity index is 2.38. The normalized spacial score (nSPS) is 10.1. The van der Waals surface area contributed by atoms with Gasteiger partial charge in [-0.05, 0) is 26.0 Å². The lowest BCUT2D eigenvalue weighted by atomic mass is 10.1. The molecule has 98 valence electrons. The number of carboxylic acids is 1. The van der Waals surface area contributed by atoms with E-state index in [9.17, 15) is 9.59 Å². The standard InChI is InChI=1S/C13H17NO3S/c1-9-5-10(2)7-11(6-9)13(17)14-3-4-18-8-12(15)16/h5-7H,3-4,8H2,1-2H3,(H,14,17)(H,15,16). The first-order valence-corrected chi connectivity index (χ1v) is 6.80. The Hall–Kier alpha value is -1.49. The minimum Gasteiger partial charge on any atom is -0.481 e. The second-order valence-electron chi connectivity index (χ2n) is 4.08. The molecule has 0 saturated heterocycles. The van der Waals surface area contributed by atoms with Crippen LogP contribution in [0.25, 0.3) is 0 Å². The summed E-state index contributed by atoms with van der Waals surface area (Å²) in [6, 6.07) is 5.69. The number of aryl methyl sites for hydroxylation is 2. The number of carbonyl (C=O) groups is 2. The molecule has 1 aromatic rings. The van der Waals surface area contributed by atoms with Gasteiger partial charge in [-0.1, -0.05) is 17.2 Å². The van der Waals surface area contributed by atoms with E-state index in [1.54, 1.807) is 0 Å². The fourth-order valence-corrected chi connectivity index (χ4v) is 2.17. The number of amides is 1. The maximum absolute atomic E-state index is 11.8. The third kappa shape index (κ3) is 5.23. The number of aliphatic carboxylic acids is 1. The van der Waals surface area contributed by atoms with E-state index in [2.05, 4.69) is 5.32 Å². The molecular weight excluding hydrogens is 250 g/mol. The fraction of sp³-hybridized carbons (Fsp3) is 0.385. The zero-order valence-electron chi connectivity index (χ0n) is 10.5. The number of carboxylic acid groups (broad SMARTS) is 1. The lowest BCUT2D eigenvalue weighted by Crippen LogP contribution is -2.26. The lowest BCUT2D eigenvalue weighted by Gasteiger charge is -2.06. The van der Waals surface area contributed by atoms with Crippen molar-refractivity contribution >= 4 is 23.6 Å². The molecule has 1 rings (SSSR count). The molecular formula is C13H17NO3S. The molecule has 0 fully saturated rings. The van der Waals surface area contributed by atoms with Crippen LogP contribution in [0.1, 0.15) is 21.5 Å². The Morgan fingerprint density at radius 2 is 1.83 bits per heavy atom. The van der Waals surface area contributed by atoms with Crippen molar-refractivity contribution in [2.45, 2.75) is 13.8 Å². The van der Waals surface area contributed by atoms with Crippen molar-refractivity contribution in [3.05, 3.63) is 34.9 Å². The summed E-state index contributed by atoms with van der Waals surface area (Å²) < 4.78 is 0. The number of thioether (sulfide) groups is 1. The van der Waals surface area contributed by atoms with Crippen molar-refractivity contribution in [3.63, 3.8) is 0 Å². The molecule has 0 unspecified atom stereocenters. The van der Waals surface area contributed by atoms with Crippen molar-refractivity contribution < 1.29 is 14.7 Å². The Kier molecular flexibility index (Phi) is 5.71. The summed E-state index contributed by atoms with van der Waals surface area (Å²) in [4.78, 5) is 22.1. The van der Waals surface area contributed by atoms with Crippen LogP contribution in [0.3, 0.4) is 0 Å². The lowest BCUT2D eigenvalue weighted by molar-refractivity contribution is -0.133. The van der Waals surface area contributed by atoms with Crippen LogP contribution in [0, 0.1) is 13.8 Å². The number of hydrogen-bond acceptors (Lipinski definition) is 3. The van der Waals surface area contributed by atoms with Crippen molar-refractivity contribution in [1.29, 1.82) is 0 Å². The average Bonchev–Trinajstić information content (AvgIpc) is 2.26. The first-order valence-electron chi connectivity index (χ1n) is 5.65. The van der Waals surface area contributed by atoms with Gasteiger partial charge in [0.05, 0.1) is 5.75 Å².